The molecule has 1 aromatic heterocycles. The van der Waals surface area contributed by atoms with Gasteiger partial charge in [0.1, 0.15) is 12.0 Å². The van der Waals surface area contributed by atoms with E-state index in [0.717, 1.165) is 10.2 Å². The van der Waals surface area contributed by atoms with Gasteiger partial charge in [0.15, 0.2) is 0 Å². The predicted molar refractivity (Wildman–Crippen MR) is 55.5 cm³/mol. The second kappa shape index (κ2) is 3.84. The van der Waals surface area contributed by atoms with Gasteiger partial charge in [-0.25, -0.2) is 0 Å². The summed E-state index contributed by atoms with van der Waals surface area (Å²) in [5.74, 6) is 0.704. The van der Waals surface area contributed by atoms with Gasteiger partial charge in [-0.1, -0.05) is 15.9 Å². The topological polar surface area (TPSA) is 35.3 Å². The quantitative estimate of drug-likeness (QED) is 0.822. The summed E-state index contributed by atoms with van der Waals surface area (Å²) < 4.78 is 11.4. The highest BCUT2D eigenvalue weighted by molar-refractivity contribution is 9.10. The van der Waals surface area contributed by atoms with Crippen molar-refractivity contribution in [3.63, 3.8) is 0 Å². The highest BCUT2D eigenvalue weighted by Crippen LogP contribution is 2.22. The van der Waals surface area contributed by atoms with Crippen molar-refractivity contribution in [3.8, 4) is 11.8 Å². The van der Waals surface area contributed by atoms with Gasteiger partial charge >= 0.3 is 6.08 Å². The van der Waals surface area contributed by atoms with Crippen LogP contribution in [0.5, 0.6) is 11.8 Å². The molecule has 0 fully saturated rings. The fourth-order valence-electron chi connectivity index (χ4n) is 0.983. The number of hydrogen-bond acceptors (Lipinski definition) is 3. The minimum atomic E-state index is 0.268. The van der Waals surface area contributed by atoms with Crippen LogP contribution in [0.3, 0.4) is 0 Å². The van der Waals surface area contributed by atoms with Crippen LogP contribution in [0.2, 0.25) is 0 Å². The fourth-order valence-corrected chi connectivity index (χ4v) is 1.25. The zero-order valence-corrected chi connectivity index (χ0v) is 9.11. The van der Waals surface area contributed by atoms with Gasteiger partial charge in [0, 0.05) is 4.47 Å². The predicted octanol–water partition coefficient (Wildman–Crippen LogP) is 3.54. The molecule has 14 heavy (non-hydrogen) atoms. The summed E-state index contributed by atoms with van der Waals surface area (Å²) in [6, 6.07) is 7.46. The molecule has 0 N–H and O–H groups in total. The summed E-state index contributed by atoms with van der Waals surface area (Å²) in [4.78, 5) is 4.03. The number of aryl methyl sites for hydroxylation is 1. The molecule has 0 atom stereocenters. The van der Waals surface area contributed by atoms with Crippen LogP contribution in [-0.4, -0.2) is 4.98 Å². The van der Waals surface area contributed by atoms with Gasteiger partial charge in [0.05, 0.1) is 5.69 Å². The standard InChI is InChI=1S/C10H8BrNO2/c1-7-6-13-10(12-7)14-9-4-2-8(11)3-5-9/h2-6H,1H3. The lowest BCUT2D eigenvalue weighted by atomic mass is 10.3. The van der Waals surface area contributed by atoms with E-state index < -0.39 is 0 Å². The van der Waals surface area contributed by atoms with Crippen LogP contribution in [-0.2, 0) is 0 Å². The number of ether oxygens (including phenoxy) is 1. The van der Waals surface area contributed by atoms with Crippen molar-refractivity contribution in [3.05, 3.63) is 40.7 Å². The first-order chi connectivity index (χ1) is 6.74. The van der Waals surface area contributed by atoms with Crippen molar-refractivity contribution in [1.29, 1.82) is 0 Å². The van der Waals surface area contributed by atoms with Crippen LogP contribution in [0.4, 0.5) is 0 Å². The lowest BCUT2D eigenvalue weighted by molar-refractivity contribution is 0.330. The SMILES string of the molecule is Cc1coc(Oc2ccc(Br)cc2)n1. The van der Waals surface area contributed by atoms with Gasteiger partial charge in [0.25, 0.3) is 0 Å². The van der Waals surface area contributed by atoms with E-state index in [4.69, 9.17) is 9.15 Å². The van der Waals surface area contributed by atoms with E-state index in [1.54, 1.807) is 6.26 Å². The summed E-state index contributed by atoms with van der Waals surface area (Å²) >= 11 is 3.34. The summed E-state index contributed by atoms with van der Waals surface area (Å²) in [5.41, 5.74) is 0.803. The van der Waals surface area contributed by atoms with Gasteiger partial charge in [-0.15, -0.1) is 0 Å². The van der Waals surface area contributed by atoms with E-state index in [0.29, 0.717) is 5.75 Å². The van der Waals surface area contributed by atoms with E-state index in [1.165, 1.54) is 0 Å². The molecular weight excluding hydrogens is 246 g/mol. The largest absolute Gasteiger partial charge is 0.417 e. The Kier molecular flexibility index (Phi) is 2.54. The average Bonchev–Trinajstić information content (AvgIpc) is 2.56. The molecule has 0 spiro atoms. The van der Waals surface area contributed by atoms with Crippen molar-refractivity contribution in [2.24, 2.45) is 0 Å². The zero-order valence-electron chi connectivity index (χ0n) is 7.53. The van der Waals surface area contributed by atoms with E-state index in [2.05, 4.69) is 20.9 Å². The number of benzene rings is 1. The molecule has 0 aliphatic rings. The molecule has 0 amide bonds. The third-order valence-electron chi connectivity index (χ3n) is 1.62. The Morgan fingerprint density at radius 2 is 2.00 bits per heavy atom. The number of hydrogen-bond donors (Lipinski definition) is 0. The van der Waals surface area contributed by atoms with Gasteiger partial charge in [-0.3, -0.25) is 0 Å². The molecule has 0 saturated heterocycles. The van der Waals surface area contributed by atoms with Gasteiger partial charge in [0.2, 0.25) is 0 Å². The lowest BCUT2D eigenvalue weighted by Gasteiger charge is -1.99. The van der Waals surface area contributed by atoms with Crippen LogP contribution >= 0.6 is 15.9 Å². The van der Waals surface area contributed by atoms with Gasteiger partial charge in [-0.2, -0.15) is 4.98 Å². The summed E-state index contributed by atoms with van der Waals surface area (Å²) in [6.45, 7) is 1.85. The zero-order chi connectivity index (χ0) is 9.97. The Hall–Kier alpha value is -1.29. The van der Waals surface area contributed by atoms with Crippen molar-refractivity contribution in [1.82, 2.24) is 4.98 Å². The molecule has 4 heteroatoms. The maximum Gasteiger partial charge on any atom is 0.399 e. The second-order valence-electron chi connectivity index (χ2n) is 2.81. The maximum absolute atomic E-state index is 5.36. The van der Waals surface area contributed by atoms with Crippen molar-refractivity contribution >= 4 is 15.9 Å². The molecule has 0 aliphatic carbocycles. The molecule has 0 aliphatic heterocycles. The number of nitrogens with zero attached hydrogens (tertiary/aromatic N) is 1. The molecule has 3 nitrogen and oxygen atoms in total. The molecule has 1 aromatic carbocycles. The van der Waals surface area contributed by atoms with Crippen LogP contribution in [0.1, 0.15) is 5.69 Å². The van der Waals surface area contributed by atoms with Crippen LogP contribution < -0.4 is 4.74 Å². The van der Waals surface area contributed by atoms with E-state index in [1.807, 2.05) is 31.2 Å². The van der Waals surface area contributed by atoms with Gasteiger partial charge < -0.3 is 9.15 Å². The average molecular weight is 254 g/mol. The van der Waals surface area contributed by atoms with E-state index in [9.17, 15) is 0 Å². The number of rotatable bonds is 2. The Bertz CT molecular complexity index is 422. The first kappa shape index (κ1) is 9.27. The van der Waals surface area contributed by atoms with Crippen LogP contribution in [0, 0.1) is 6.92 Å². The molecule has 0 saturated carbocycles. The van der Waals surface area contributed by atoms with Crippen molar-refractivity contribution < 1.29 is 9.15 Å². The summed E-state index contributed by atoms with van der Waals surface area (Å²) in [5, 5.41) is 0. The molecule has 72 valence electrons. The van der Waals surface area contributed by atoms with E-state index in [-0.39, 0.29) is 6.08 Å². The first-order valence-corrected chi connectivity index (χ1v) is 4.89. The third-order valence-corrected chi connectivity index (χ3v) is 2.15. The highest BCUT2D eigenvalue weighted by Gasteiger charge is 2.02. The fraction of sp³-hybridized carbons (Fsp3) is 0.100. The van der Waals surface area contributed by atoms with Gasteiger partial charge in [-0.05, 0) is 31.2 Å². The van der Waals surface area contributed by atoms with Crippen LogP contribution in [0.15, 0.2) is 39.4 Å². The molecule has 0 radical (unpaired) electrons. The number of halogens is 1. The molecule has 0 bridgehead atoms. The smallest absolute Gasteiger partial charge is 0.399 e. The monoisotopic (exact) mass is 253 g/mol. The summed E-state index contributed by atoms with van der Waals surface area (Å²) in [7, 11) is 0. The van der Waals surface area contributed by atoms with Crippen molar-refractivity contribution in [2.45, 2.75) is 6.92 Å². The Labute approximate surface area is 89.8 Å². The number of aromatic nitrogens is 1. The van der Waals surface area contributed by atoms with E-state index >= 15 is 0 Å². The Morgan fingerprint density at radius 1 is 1.29 bits per heavy atom. The minimum absolute atomic E-state index is 0.268. The van der Waals surface area contributed by atoms with Crippen molar-refractivity contribution in [2.75, 3.05) is 0 Å². The first-order valence-electron chi connectivity index (χ1n) is 4.09. The highest BCUT2D eigenvalue weighted by atomic mass is 79.9. The molecule has 1 heterocycles. The maximum atomic E-state index is 5.36. The Balaban J connectivity index is 2.15. The Morgan fingerprint density at radius 3 is 2.57 bits per heavy atom. The minimum Gasteiger partial charge on any atom is -0.417 e. The second-order valence-corrected chi connectivity index (χ2v) is 3.73. The molecule has 0 unspecified atom stereocenters. The normalized spacial score (nSPS) is 10.1. The lowest BCUT2D eigenvalue weighted by Crippen LogP contribution is -1.83. The molecular formula is C10H8BrNO2. The number of oxazole rings is 1. The molecule has 2 rings (SSSR count). The molecule has 2 aromatic rings. The summed E-state index contributed by atoms with van der Waals surface area (Å²) in [6.07, 6.45) is 1.82. The third kappa shape index (κ3) is 2.14. The van der Waals surface area contributed by atoms with Crippen LogP contribution in [0.25, 0.3) is 0 Å².